The van der Waals surface area contributed by atoms with E-state index < -0.39 is 28.5 Å². The number of hydrogen-bond donors (Lipinski definition) is 1. The molecule has 224 valence electrons. The molecule has 0 radical (unpaired) electrons. The topological polar surface area (TPSA) is 105 Å². The number of aryl methyl sites for hydroxylation is 1. The summed E-state index contributed by atoms with van der Waals surface area (Å²) in [6.45, 7) is 8.60. The summed E-state index contributed by atoms with van der Waals surface area (Å²) in [6.07, 6.45) is 0.358. The molecule has 1 unspecified atom stereocenters. The van der Waals surface area contributed by atoms with Gasteiger partial charge in [0.2, 0.25) is 11.8 Å². The Morgan fingerprint density at radius 3 is 2.26 bits per heavy atom. The van der Waals surface area contributed by atoms with Crippen molar-refractivity contribution < 1.29 is 27.5 Å². The first-order valence-corrected chi connectivity index (χ1v) is 15.6. The van der Waals surface area contributed by atoms with Gasteiger partial charge in [-0.2, -0.15) is 0 Å². The van der Waals surface area contributed by atoms with Crippen LogP contribution in [0.5, 0.6) is 11.5 Å². The van der Waals surface area contributed by atoms with E-state index in [9.17, 15) is 18.0 Å². The van der Waals surface area contributed by atoms with Crippen molar-refractivity contribution in [3.05, 3.63) is 83.9 Å². The Bertz CT molecular complexity index is 1490. The smallest absolute Gasteiger partial charge is 0.264 e. The third kappa shape index (κ3) is 7.23. The molecule has 3 aromatic carbocycles. The number of ether oxygens (including phenoxy) is 2. The molecule has 0 spiro atoms. The third-order valence-corrected chi connectivity index (χ3v) is 8.88. The van der Waals surface area contributed by atoms with Crippen LogP contribution in [0, 0.1) is 12.8 Å². The van der Waals surface area contributed by atoms with Gasteiger partial charge in [0.1, 0.15) is 25.8 Å². The van der Waals surface area contributed by atoms with Gasteiger partial charge in [0.25, 0.3) is 10.0 Å². The highest BCUT2D eigenvalue weighted by Crippen LogP contribution is 2.36. The summed E-state index contributed by atoms with van der Waals surface area (Å²) in [7, 11) is -4.18. The number of carbonyl (C=O) groups excluding carboxylic acids is 2. The Morgan fingerprint density at radius 1 is 0.929 bits per heavy atom. The second-order valence-electron chi connectivity index (χ2n) is 10.7. The van der Waals surface area contributed by atoms with Crippen LogP contribution < -0.4 is 19.1 Å². The molecule has 0 saturated carbocycles. The van der Waals surface area contributed by atoms with E-state index in [-0.39, 0.29) is 29.0 Å². The molecule has 1 heterocycles. The number of benzene rings is 3. The van der Waals surface area contributed by atoms with E-state index in [2.05, 4.69) is 5.32 Å². The van der Waals surface area contributed by atoms with Crippen LogP contribution >= 0.6 is 0 Å². The van der Waals surface area contributed by atoms with Gasteiger partial charge >= 0.3 is 0 Å². The summed E-state index contributed by atoms with van der Waals surface area (Å²) < 4.78 is 40.5. The van der Waals surface area contributed by atoms with E-state index in [1.807, 2.05) is 52.0 Å². The molecule has 0 bridgehead atoms. The zero-order valence-electron chi connectivity index (χ0n) is 24.6. The van der Waals surface area contributed by atoms with Crippen molar-refractivity contribution in [3.63, 3.8) is 0 Å². The van der Waals surface area contributed by atoms with Crippen LogP contribution in [-0.4, -0.2) is 57.5 Å². The fourth-order valence-electron chi connectivity index (χ4n) is 4.75. The first kappa shape index (κ1) is 30.9. The number of hydrogen-bond acceptors (Lipinski definition) is 6. The summed E-state index contributed by atoms with van der Waals surface area (Å²) in [6, 6.07) is 19.6. The molecule has 10 heteroatoms. The van der Waals surface area contributed by atoms with Gasteiger partial charge in [-0.3, -0.25) is 13.9 Å². The highest BCUT2D eigenvalue weighted by atomic mass is 32.2. The Labute approximate surface area is 248 Å². The molecule has 0 aromatic heterocycles. The van der Waals surface area contributed by atoms with Gasteiger partial charge in [0, 0.05) is 19.2 Å². The predicted molar refractivity (Wildman–Crippen MR) is 162 cm³/mol. The summed E-state index contributed by atoms with van der Waals surface area (Å²) >= 11 is 0. The first-order valence-electron chi connectivity index (χ1n) is 14.2. The minimum atomic E-state index is -4.18. The second kappa shape index (κ2) is 13.7. The van der Waals surface area contributed by atoms with E-state index in [1.54, 1.807) is 36.4 Å². The average Bonchev–Trinajstić information content (AvgIpc) is 2.99. The summed E-state index contributed by atoms with van der Waals surface area (Å²) in [5.74, 6) is 0.357. The van der Waals surface area contributed by atoms with E-state index in [1.165, 1.54) is 17.0 Å². The van der Waals surface area contributed by atoms with Gasteiger partial charge in [-0.15, -0.1) is 0 Å². The average molecular weight is 594 g/mol. The first-order chi connectivity index (χ1) is 20.1. The van der Waals surface area contributed by atoms with Crippen molar-refractivity contribution in [1.29, 1.82) is 0 Å². The Hall–Kier alpha value is -4.05. The lowest BCUT2D eigenvalue weighted by Gasteiger charge is -2.34. The van der Waals surface area contributed by atoms with Crippen molar-refractivity contribution in [2.75, 3.05) is 30.6 Å². The molecule has 1 N–H and O–H groups in total. The Morgan fingerprint density at radius 2 is 1.60 bits per heavy atom. The number of nitrogens with one attached hydrogen (secondary N) is 1. The van der Waals surface area contributed by atoms with E-state index in [0.29, 0.717) is 37.7 Å². The van der Waals surface area contributed by atoms with Crippen molar-refractivity contribution >= 4 is 27.5 Å². The lowest BCUT2D eigenvalue weighted by Crippen LogP contribution is -2.52. The van der Waals surface area contributed by atoms with Gasteiger partial charge in [0.15, 0.2) is 11.5 Å². The van der Waals surface area contributed by atoms with Crippen LogP contribution in [-0.2, 0) is 26.2 Å². The Balaban J connectivity index is 1.75. The maximum Gasteiger partial charge on any atom is 0.264 e. The molecule has 1 aliphatic heterocycles. The zero-order chi connectivity index (χ0) is 30.3. The van der Waals surface area contributed by atoms with Crippen LogP contribution in [0.3, 0.4) is 0 Å². The molecule has 9 nitrogen and oxygen atoms in total. The number of nitrogens with zero attached hydrogens (tertiary/aromatic N) is 2. The molecule has 0 aliphatic carbocycles. The largest absolute Gasteiger partial charge is 0.486 e. The molecule has 0 saturated heterocycles. The molecule has 4 rings (SSSR count). The summed E-state index contributed by atoms with van der Waals surface area (Å²) in [5, 5.41) is 2.95. The number of fused-ring (bicyclic) bond motifs is 1. The minimum absolute atomic E-state index is 0.0415. The van der Waals surface area contributed by atoms with Crippen LogP contribution in [0.15, 0.2) is 77.7 Å². The Kier molecular flexibility index (Phi) is 10.1. The van der Waals surface area contributed by atoms with Gasteiger partial charge < -0.3 is 19.7 Å². The number of rotatable bonds is 12. The molecular weight excluding hydrogens is 554 g/mol. The van der Waals surface area contributed by atoms with Crippen LogP contribution in [0.25, 0.3) is 0 Å². The molecule has 1 aliphatic rings. The number of amides is 2. The number of carbonyl (C=O) groups is 2. The standard InChI is InChI=1S/C32H39N3O6S/c1-5-28(32(37)33-20-23(2)3)34(21-25-12-10-9-11-24(25)4)31(36)22-35(42(38,39)27-13-7-6-8-14-27)26-15-16-29-30(19-26)41-18-17-40-29/h6-16,19,23,28H,5,17-18,20-22H2,1-4H3,(H,33,37). The van der Waals surface area contributed by atoms with Crippen molar-refractivity contribution in [3.8, 4) is 11.5 Å². The van der Waals surface area contributed by atoms with E-state index >= 15 is 0 Å². The third-order valence-electron chi connectivity index (χ3n) is 7.10. The maximum atomic E-state index is 14.2. The molecule has 42 heavy (non-hydrogen) atoms. The van der Waals surface area contributed by atoms with E-state index in [4.69, 9.17) is 9.47 Å². The van der Waals surface area contributed by atoms with Gasteiger partial charge in [-0.05, 0) is 54.7 Å². The monoisotopic (exact) mass is 593 g/mol. The lowest BCUT2D eigenvalue weighted by molar-refractivity contribution is -0.140. The van der Waals surface area contributed by atoms with Crippen molar-refractivity contribution in [1.82, 2.24) is 10.2 Å². The predicted octanol–water partition coefficient (Wildman–Crippen LogP) is 4.54. The number of anilines is 1. The lowest BCUT2D eigenvalue weighted by atomic mass is 10.1. The quantitative estimate of drug-likeness (QED) is 0.331. The van der Waals surface area contributed by atoms with Gasteiger partial charge in [-0.1, -0.05) is 63.2 Å². The second-order valence-corrected chi connectivity index (χ2v) is 12.5. The van der Waals surface area contributed by atoms with Crippen LogP contribution in [0.2, 0.25) is 0 Å². The normalized spacial score (nSPS) is 13.4. The molecule has 1 atom stereocenters. The highest BCUT2D eigenvalue weighted by Gasteiger charge is 2.34. The van der Waals surface area contributed by atoms with Crippen LogP contribution in [0.1, 0.15) is 38.3 Å². The summed E-state index contributed by atoms with van der Waals surface area (Å²) in [5.41, 5.74) is 2.09. The van der Waals surface area contributed by atoms with E-state index in [0.717, 1.165) is 15.4 Å². The highest BCUT2D eigenvalue weighted by molar-refractivity contribution is 7.92. The minimum Gasteiger partial charge on any atom is -0.486 e. The fraction of sp³-hybridized carbons (Fsp3) is 0.375. The fourth-order valence-corrected chi connectivity index (χ4v) is 6.18. The van der Waals surface area contributed by atoms with Gasteiger partial charge in [0.05, 0.1) is 10.6 Å². The maximum absolute atomic E-state index is 14.2. The van der Waals surface area contributed by atoms with Crippen molar-refractivity contribution in [2.45, 2.75) is 51.6 Å². The molecule has 3 aromatic rings. The summed E-state index contributed by atoms with van der Waals surface area (Å²) in [4.78, 5) is 29.1. The SMILES string of the molecule is CCC(C(=O)NCC(C)C)N(Cc1ccccc1C)C(=O)CN(c1ccc2c(c1)OCCO2)S(=O)(=O)c1ccccc1. The molecule has 2 amide bonds. The molecular formula is C32H39N3O6S. The van der Waals surface area contributed by atoms with Gasteiger partial charge in [-0.25, -0.2) is 8.42 Å². The van der Waals surface area contributed by atoms with Crippen molar-refractivity contribution in [2.24, 2.45) is 5.92 Å². The van der Waals surface area contributed by atoms with Crippen LogP contribution in [0.4, 0.5) is 5.69 Å². The number of sulfonamides is 1. The zero-order valence-corrected chi connectivity index (χ0v) is 25.4. The molecule has 0 fully saturated rings.